The highest BCUT2D eigenvalue weighted by atomic mass is 16.6. The monoisotopic (exact) mass is 346 g/mol. The second-order valence-corrected chi connectivity index (χ2v) is 6.47. The molecule has 0 radical (unpaired) electrons. The van der Waals surface area contributed by atoms with Gasteiger partial charge in [-0.25, -0.2) is 4.79 Å². The molecule has 1 aliphatic rings. The van der Waals surface area contributed by atoms with E-state index in [1.54, 1.807) is 6.92 Å². The molecule has 0 unspecified atom stereocenters. The minimum Gasteiger partial charge on any atom is -0.464 e. The van der Waals surface area contributed by atoms with Crippen molar-refractivity contribution in [2.45, 2.75) is 66.0 Å². The maximum absolute atomic E-state index is 12.7. The smallest absolute Gasteiger partial charge is 0.338 e. The van der Waals surface area contributed by atoms with E-state index in [0.29, 0.717) is 0 Å². The molecule has 24 heavy (non-hydrogen) atoms. The van der Waals surface area contributed by atoms with Crippen LogP contribution in [0.2, 0.25) is 0 Å². The number of ketones is 1. The van der Waals surface area contributed by atoms with Gasteiger partial charge in [-0.05, 0) is 31.5 Å². The normalized spacial score (nSPS) is 25.5. The van der Waals surface area contributed by atoms with Gasteiger partial charge in [-0.15, -0.1) is 0 Å². The van der Waals surface area contributed by atoms with Gasteiger partial charge in [0.15, 0.2) is 18.0 Å². The van der Waals surface area contributed by atoms with Gasteiger partial charge in [-0.3, -0.25) is 9.59 Å². The molecule has 3 atom stereocenters. The Balaban J connectivity index is 2.87. The van der Waals surface area contributed by atoms with Crippen LogP contribution in [0, 0.1) is 17.7 Å². The lowest BCUT2D eigenvalue weighted by Gasteiger charge is -2.18. The van der Waals surface area contributed by atoms with Crippen molar-refractivity contribution in [3.8, 4) is 0 Å². The number of esters is 1. The molecular weight excluding hydrogens is 310 g/mol. The van der Waals surface area contributed by atoms with Gasteiger partial charge in [0.05, 0.1) is 6.61 Å². The van der Waals surface area contributed by atoms with Gasteiger partial charge in [-0.2, -0.15) is 0 Å². The van der Waals surface area contributed by atoms with Crippen LogP contribution in [0.5, 0.6) is 0 Å². The van der Waals surface area contributed by atoms with Gasteiger partial charge in [0, 0.05) is 25.7 Å². The van der Waals surface area contributed by atoms with Crippen molar-refractivity contribution in [1.29, 1.82) is 0 Å². The molecule has 1 fully saturated rings. The molecule has 1 saturated heterocycles. The number of Topliss-reactive ketones (excluding diaryl/α,β-unsaturated/α-hetero) is 1. The van der Waals surface area contributed by atoms with Crippen molar-refractivity contribution >= 4 is 17.7 Å². The van der Waals surface area contributed by atoms with E-state index in [1.165, 1.54) is 13.8 Å². The molecule has 0 aliphatic carbocycles. The fourth-order valence-corrected chi connectivity index (χ4v) is 2.29. The quantitative estimate of drug-likeness (QED) is 0.457. The average molecular weight is 346 g/mol. The molecular formula is C18H31NO5. The largest absolute Gasteiger partial charge is 0.464 e. The summed E-state index contributed by atoms with van der Waals surface area (Å²) < 4.78 is 49.5. The molecule has 0 spiro atoms. The standard InChI is InChI=1S/C18H31NO5/c1-6-23-18(22)16-15(24-16)14(20)10-13(9-12(4)5)17(21)19-8-7-11(2)3/h11-13,15-16H,6-10H2,1-5H3,(H,19,21)/t13-,15-,16+/m1/s1/i7D2,8D2,11D. The summed E-state index contributed by atoms with van der Waals surface area (Å²) in [6, 6.07) is 0. The molecule has 1 aliphatic heterocycles. The topological polar surface area (TPSA) is 85.0 Å². The highest BCUT2D eigenvalue weighted by Crippen LogP contribution is 2.28. The molecule has 0 aromatic heterocycles. The zero-order chi connectivity index (χ0) is 22.8. The average Bonchev–Trinajstić information content (AvgIpc) is 3.33. The van der Waals surface area contributed by atoms with Gasteiger partial charge in [-0.1, -0.05) is 27.7 Å². The predicted octanol–water partition coefficient (Wildman–Crippen LogP) is 2.10. The third-order valence-electron chi connectivity index (χ3n) is 3.40. The summed E-state index contributed by atoms with van der Waals surface area (Å²) in [7, 11) is 0. The Kier molecular flexibility index (Phi) is 5.62. The summed E-state index contributed by atoms with van der Waals surface area (Å²) in [4.78, 5) is 36.8. The predicted molar refractivity (Wildman–Crippen MR) is 90.3 cm³/mol. The molecule has 0 aromatic carbocycles. The van der Waals surface area contributed by atoms with Crippen molar-refractivity contribution in [3.05, 3.63) is 0 Å². The van der Waals surface area contributed by atoms with Gasteiger partial charge in [0.1, 0.15) is 0 Å². The van der Waals surface area contributed by atoms with Gasteiger partial charge >= 0.3 is 5.97 Å². The van der Waals surface area contributed by atoms with Crippen LogP contribution < -0.4 is 5.32 Å². The molecule has 138 valence electrons. The molecule has 0 aromatic rings. The summed E-state index contributed by atoms with van der Waals surface area (Å²) in [6.07, 6.45) is -4.65. The Hall–Kier alpha value is -1.43. The summed E-state index contributed by atoms with van der Waals surface area (Å²) in [5, 5.41) is 2.04. The fraction of sp³-hybridized carbons (Fsp3) is 0.833. The van der Waals surface area contributed by atoms with E-state index >= 15 is 0 Å². The van der Waals surface area contributed by atoms with Crippen LogP contribution in [0.1, 0.15) is 60.7 Å². The highest BCUT2D eigenvalue weighted by molar-refractivity contribution is 5.96. The summed E-state index contributed by atoms with van der Waals surface area (Å²) in [5.41, 5.74) is 0. The van der Waals surface area contributed by atoms with Crippen LogP contribution >= 0.6 is 0 Å². The van der Waals surface area contributed by atoms with Crippen molar-refractivity contribution < 1.29 is 30.7 Å². The van der Waals surface area contributed by atoms with Gasteiger partial charge in [0.25, 0.3) is 0 Å². The Bertz CT molecular complexity index is 633. The SMILES string of the molecule is [2H]C(C)(C)C([2H])([2H])C([2H])([2H])NC(=O)[C@@H](CC(=O)[C@H]1O[C@@H]1C(=O)OCC)CC(C)C. The second-order valence-electron chi connectivity index (χ2n) is 6.47. The Labute approximate surface area is 151 Å². The number of carbonyl (C=O) groups excluding carboxylic acids is 3. The molecule has 1 amide bonds. The Morgan fingerprint density at radius 2 is 1.92 bits per heavy atom. The first kappa shape index (κ1) is 13.8. The Morgan fingerprint density at radius 3 is 2.46 bits per heavy atom. The first-order valence-corrected chi connectivity index (χ1v) is 8.22. The lowest BCUT2D eigenvalue weighted by Crippen LogP contribution is -2.35. The first-order chi connectivity index (χ1) is 13.0. The van der Waals surface area contributed by atoms with Crippen molar-refractivity contribution in [3.63, 3.8) is 0 Å². The third-order valence-corrected chi connectivity index (χ3v) is 3.40. The molecule has 6 nitrogen and oxygen atoms in total. The van der Waals surface area contributed by atoms with E-state index in [0.717, 1.165) is 0 Å². The zero-order valence-corrected chi connectivity index (χ0v) is 15.0. The number of ether oxygens (including phenoxy) is 2. The number of hydrogen-bond acceptors (Lipinski definition) is 5. The summed E-state index contributed by atoms with van der Waals surface area (Å²) in [6.45, 7) is 5.06. The first-order valence-electron chi connectivity index (χ1n) is 10.7. The summed E-state index contributed by atoms with van der Waals surface area (Å²) >= 11 is 0. The van der Waals surface area contributed by atoms with Gasteiger partial charge < -0.3 is 14.8 Å². The molecule has 6 heteroatoms. The number of carbonyl (C=O) groups is 3. The Morgan fingerprint density at radius 1 is 1.25 bits per heavy atom. The number of epoxide rings is 1. The highest BCUT2D eigenvalue weighted by Gasteiger charge is 2.51. The third kappa shape index (κ3) is 6.99. The van der Waals surface area contributed by atoms with Crippen molar-refractivity contribution in [2.24, 2.45) is 17.7 Å². The van der Waals surface area contributed by atoms with E-state index in [-0.39, 0.29) is 25.4 Å². The summed E-state index contributed by atoms with van der Waals surface area (Å²) in [5.74, 6) is -4.66. The van der Waals surface area contributed by atoms with Crippen LogP contribution in [0.25, 0.3) is 0 Å². The van der Waals surface area contributed by atoms with E-state index in [9.17, 15) is 14.4 Å². The second kappa shape index (κ2) is 9.77. The molecule has 1 rings (SSSR count). The molecule has 0 saturated carbocycles. The minimum absolute atomic E-state index is 0.00905. The van der Waals surface area contributed by atoms with Crippen LogP contribution in [0.3, 0.4) is 0 Å². The van der Waals surface area contributed by atoms with Crippen LogP contribution in [0.4, 0.5) is 0 Å². The number of rotatable bonds is 11. The van der Waals surface area contributed by atoms with E-state index in [4.69, 9.17) is 16.3 Å². The van der Waals surface area contributed by atoms with Crippen LogP contribution in [-0.4, -0.2) is 43.0 Å². The number of hydrogen-bond donors (Lipinski definition) is 1. The molecule has 1 N–H and O–H groups in total. The van der Waals surface area contributed by atoms with Crippen molar-refractivity contribution in [1.82, 2.24) is 5.32 Å². The minimum atomic E-state index is -2.82. The molecule has 1 heterocycles. The van der Waals surface area contributed by atoms with Crippen molar-refractivity contribution in [2.75, 3.05) is 13.1 Å². The lowest BCUT2D eigenvalue weighted by atomic mass is 9.90. The maximum Gasteiger partial charge on any atom is 0.338 e. The van der Waals surface area contributed by atoms with Gasteiger partial charge in [0.2, 0.25) is 5.91 Å². The van der Waals surface area contributed by atoms with Crippen LogP contribution in [-0.2, 0) is 23.9 Å². The maximum atomic E-state index is 12.7. The lowest BCUT2D eigenvalue weighted by molar-refractivity contribution is -0.144. The number of amides is 1. The zero-order valence-electron chi connectivity index (χ0n) is 20.0. The fourth-order valence-electron chi connectivity index (χ4n) is 2.29. The number of nitrogens with one attached hydrogen (secondary N) is 1. The molecule has 0 bridgehead atoms. The van der Waals surface area contributed by atoms with Crippen LogP contribution in [0.15, 0.2) is 0 Å². The van der Waals surface area contributed by atoms with E-state index in [1.807, 2.05) is 19.2 Å². The van der Waals surface area contributed by atoms with E-state index in [2.05, 4.69) is 0 Å². The van der Waals surface area contributed by atoms with E-state index < -0.39 is 54.5 Å².